The van der Waals surface area contributed by atoms with Crippen LogP contribution in [0.3, 0.4) is 0 Å². The number of nitrogens with one attached hydrogen (secondary N) is 1. The first-order valence-electron chi connectivity index (χ1n) is 5.66. The van der Waals surface area contributed by atoms with E-state index < -0.39 is 5.60 Å². The van der Waals surface area contributed by atoms with Gasteiger partial charge in [0.05, 0.1) is 6.54 Å². The van der Waals surface area contributed by atoms with Crippen molar-refractivity contribution in [3.05, 3.63) is 11.7 Å². The molecule has 16 heavy (non-hydrogen) atoms. The smallest absolute Gasteiger partial charge is 0.240 e. The molecule has 0 radical (unpaired) electrons. The minimum atomic E-state index is -0.492. The summed E-state index contributed by atoms with van der Waals surface area (Å²) >= 11 is 0. The maximum absolute atomic E-state index is 5.55. The molecule has 0 aliphatic heterocycles. The van der Waals surface area contributed by atoms with Crippen molar-refractivity contribution >= 4 is 0 Å². The van der Waals surface area contributed by atoms with Gasteiger partial charge in [-0.2, -0.15) is 4.98 Å². The van der Waals surface area contributed by atoms with Crippen molar-refractivity contribution in [3.8, 4) is 0 Å². The third-order valence-electron chi connectivity index (χ3n) is 2.17. The summed E-state index contributed by atoms with van der Waals surface area (Å²) in [6.45, 7) is 11.2. The average molecular weight is 227 g/mol. The molecule has 0 bridgehead atoms. The predicted molar refractivity (Wildman–Crippen MR) is 60.9 cm³/mol. The quantitative estimate of drug-likeness (QED) is 0.803. The van der Waals surface area contributed by atoms with Crippen LogP contribution in [0.2, 0.25) is 0 Å². The number of aromatic nitrogens is 2. The van der Waals surface area contributed by atoms with Gasteiger partial charge in [-0.1, -0.05) is 19.0 Å². The third-order valence-corrected chi connectivity index (χ3v) is 2.17. The van der Waals surface area contributed by atoms with Crippen LogP contribution in [0.5, 0.6) is 0 Å². The maximum Gasteiger partial charge on any atom is 0.240 e. The van der Waals surface area contributed by atoms with E-state index in [9.17, 15) is 0 Å². The lowest BCUT2D eigenvalue weighted by atomic mass is 10.1. The molecular weight excluding hydrogens is 206 g/mol. The summed E-state index contributed by atoms with van der Waals surface area (Å²) in [7, 11) is 0. The molecule has 0 spiro atoms. The first kappa shape index (κ1) is 13.1. The zero-order valence-corrected chi connectivity index (χ0v) is 10.7. The minimum Gasteiger partial charge on any atom is -0.368 e. The van der Waals surface area contributed by atoms with Crippen molar-refractivity contribution in [2.24, 2.45) is 0 Å². The molecule has 1 N–H and O–H groups in total. The van der Waals surface area contributed by atoms with Crippen LogP contribution in [0, 0.1) is 0 Å². The zero-order valence-electron chi connectivity index (χ0n) is 10.7. The number of hydrogen-bond acceptors (Lipinski definition) is 5. The molecule has 0 aliphatic carbocycles. The molecule has 5 heteroatoms. The van der Waals surface area contributed by atoms with Gasteiger partial charge < -0.3 is 14.6 Å². The number of hydrogen-bond donors (Lipinski definition) is 1. The second-order valence-electron chi connectivity index (χ2n) is 4.49. The molecule has 5 nitrogen and oxygen atoms in total. The van der Waals surface area contributed by atoms with Crippen LogP contribution in [0.15, 0.2) is 4.52 Å². The molecule has 0 amide bonds. The zero-order chi connectivity index (χ0) is 12.2. The Morgan fingerprint density at radius 2 is 2.12 bits per heavy atom. The Labute approximate surface area is 96.6 Å². The van der Waals surface area contributed by atoms with Gasteiger partial charge in [0, 0.05) is 12.6 Å². The summed E-state index contributed by atoms with van der Waals surface area (Å²) in [6, 6.07) is 0.398. The minimum absolute atomic E-state index is 0.398. The summed E-state index contributed by atoms with van der Waals surface area (Å²) in [5, 5.41) is 7.15. The normalized spacial score (nSPS) is 12.4. The average Bonchev–Trinajstić information content (AvgIpc) is 2.63. The van der Waals surface area contributed by atoms with E-state index in [-0.39, 0.29) is 0 Å². The summed E-state index contributed by atoms with van der Waals surface area (Å²) in [4.78, 5) is 4.31. The van der Waals surface area contributed by atoms with Crippen molar-refractivity contribution < 1.29 is 9.26 Å². The Morgan fingerprint density at radius 1 is 1.44 bits per heavy atom. The van der Waals surface area contributed by atoms with Crippen molar-refractivity contribution in [1.29, 1.82) is 0 Å². The second-order valence-corrected chi connectivity index (χ2v) is 4.49. The molecule has 0 aromatic carbocycles. The molecule has 1 aromatic heterocycles. The van der Waals surface area contributed by atoms with E-state index in [2.05, 4.69) is 29.3 Å². The van der Waals surface area contributed by atoms with Gasteiger partial charge in [0.15, 0.2) is 0 Å². The van der Waals surface area contributed by atoms with Crippen molar-refractivity contribution in [3.63, 3.8) is 0 Å². The number of nitrogens with zero attached hydrogens (tertiary/aromatic N) is 2. The molecule has 92 valence electrons. The van der Waals surface area contributed by atoms with Crippen LogP contribution >= 0.6 is 0 Å². The Bertz CT molecular complexity index is 321. The fourth-order valence-electron chi connectivity index (χ4n) is 1.29. The van der Waals surface area contributed by atoms with Gasteiger partial charge in [-0.15, -0.1) is 0 Å². The fraction of sp³-hybridized carbons (Fsp3) is 0.818. The number of ether oxygens (including phenoxy) is 1. The molecule has 0 atom stereocenters. The van der Waals surface area contributed by atoms with E-state index in [4.69, 9.17) is 9.26 Å². The number of rotatable bonds is 6. The predicted octanol–water partition coefficient (Wildman–Crippen LogP) is 1.84. The molecule has 1 aromatic rings. The topological polar surface area (TPSA) is 60.2 Å². The third kappa shape index (κ3) is 3.57. The van der Waals surface area contributed by atoms with Crippen molar-refractivity contribution in [2.75, 3.05) is 6.61 Å². The Morgan fingerprint density at radius 3 is 2.69 bits per heavy atom. The molecule has 0 unspecified atom stereocenters. The summed E-state index contributed by atoms with van der Waals surface area (Å²) < 4.78 is 10.7. The Balaban J connectivity index is 2.63. The first-order chi connectivity index (χ1) is 7.45. The molecule has 0 saturated carbocycles. The highest BCUT2D eigenvalue weighted by Crippen LogP contribution is 2.21. The fourth-order valence-corrected chi connectivity index (χ4v) is 1.29. The van der Waals surface area contributed by atoms with Crippen LogP contribution in [0.4, 0.5) is 0 Å². The molecular formula is C11H21N3O2. The molecule has 0 fully saturated rings. The molecule has 1 rings (SSSR count). The van der Waals surface area contributed by atoms with E-state index in [1.54, 1.807) is 0 Å². The standard InChI is InChI=1S/C11H21N3O2/c1-6-15-11(4,5)10-13-9(16-14-10)7-12-8(2)3/h8,12H,6-7H2,1-5H3. The lowest BCUT2D eigenvalue weighted by Crippen LogP contribution is -2.24. The largest absolute Gasteiger partial charge is 0.368 e. The van der Waals surface area contributed by atoms with E-state index >= 15 is 0 Å². The van der Waals surface area contributed by atoms with Gasteiger partial charge in [-0.05, 0) is 20.8 Å². The van der Waals surface area contributed by atoms with Gasteiger partial charge >= 0.3 is 0 Å². The monoisotopic (exact) mass is 227 g/mol. The van der Waals surface area contributed by atoms with Gasteiger partial charge in [0.2, 0.25) is 11.7 Å². The first-order valence-corrected chi connectivity index (χ1v) is 5.66. The lowest BCUT2D eigenvalue weighted by Gasteiger charge is -2.19. The molecule has 1 heterocycles. The molecule has 0 saturated heterocycles. The lowest BCUT2D eigenvalue weighted by molar-refractivity contribution is -0.0221. The van der Waals surface area contributed by atoms with Crippen LogP contribution in [-0.2, 0) is 16.9 Å². The van der Waals surface area contributed by atoms with E-state index in [1.165, 1.54) is 0 Å². The Hall–Kier alpha value is -0.940. The van der Waals surface area contributed by atoms with Gasteiger partial charge in [-0.3, -0.25) is 0 Å². The SMILES string of the molecule is CCOC(C)(C)c1noc(CNC(C)C)n1. The van der Waals surface area contributed by atoms with Crippen LogP contribution in [0.1, 0.15) is 46.3 Å². The van der Waals surface area contributed by atoms with Gasteiger partial charge in [0.25, 0.3) is 0 Å². The van der Waals surface area contributed by atoms with Gasteiger partial charge in [-0.25, -0.2) is 0 Å². The highest BCUT2D eigenvalue weighted by molar-refractivity contribution is 4.97. The highest BCUT2D eigenvalue weighted by atomic mass is 16.5. The Kier molecular flexibility index (Phi) is 4.44. The molecule has 0 aliphatic rings. The summed E-state index contributed by atoms with van der Waals surface area (Å²) in [5.74, 6) is 1.19. The van der Waals surface area contributed by atoms with Gasteiger partial charge in [0.1, 0.15) is 5.60 Å². The van der Waals surface area contributed by atoms with Crippen LogP contribution in [-0.4, -0.2) is 22.8 Å². The van der Waals surface area contributed by atoms with Crippen molar-refractivity contribution in [1.82, 2.24) is 15.5 Å². The van der Waals surface area contributed by atoms with Crippen molar-refractivity contribution in [2.45, 2.75) is 52.8 Å². The van der Waals surface area contributed by atoms with E-state index in [0.29, 0.717) is 30.9 Å². The summed E-state index contributed by atoms with van der Waals surface area (Å²) in [6.07, 6.45) is 0. The summed E-state index contributed by atoms with van der Waals surface area (Å²) in [5.41, 5.74) is -0.492. The van der Waals surface area contributed by atoms with Crippen LogP contribution in [0.25, 0.3) is 0 Å². The second kappa shape index (κ2) is 5.41. The van der Waals surface area contributed by atoms with E-state index in [1.807, 2.05) is 20.8 Å². The maximum atomic E-state index is 5.55. The van der Waals surface area contributed by atoms with Crippen LogP contribution < -0.4 is 5.32 Å². The highest BCUT2D eigenvalue weighted by Gasteiger charge is 2.26. The van der Waals surface area contributed by atoms with E-state index in [0.717, 1.165) is 0 Å².